The largest absolute Gasteiger partial charge is 0.419 e. The summed E-state index contributed by atoms with van der Waals surface area (Å²) in [4.78, 5) is 26.9. The van der Waals surface area contributed by atoms with Crippen molar-refractivity contribution in [1.29, 1.82) is 0 Å². The van der Waals surface area contributed by atoms with Crippen molar-refractivity contribution < 1.29 is 17.6 Å². The SMILES string of the molecule is O=C(CCn1c(=O)oc2ccccc21)N1CCN(S(=O)(=O)c2ccc3c(c2)CCCC3)CC1. The Hall–Kier alpha value is -2.91. The molecule has 1 aliphatic carbocycles. The number of piperazine rings is 1. The molecule has 0 radical (unpaired) electrons. The third kappa shape index (κ3) is 4.22. The number of para-hydroxylation sites is 2. The van der Waals surface area contributed by atoms with E-state index in [4.69, 9.17) is 4.42 Å². The van der Waals surface area contributed by atoms with E-state index >= 15 is 0 Å². The number of aryl methyl sites for hydroxylation is 3. The summed E-state index contributed by atoms with van der Waals surface area (Å²) < 4.78 is 34.5. The van der Waals surface area contributed by atoms with Gasteiger partial charge in [-0.1, -0.05) is 18.2 Å². The zero-order valence-corrected chi connectivity index (χ0v) is 19.2. The summed E-state index contributed by atoms with van der Waals surface area (Å²) in [6.45, 7) is 1.43. The summed E-state index contributed by atoms with van der Waals surface area (Å²) in [5, 5.41) is 0. The van der Waals surface area contributed by atoms with Gasteiger partial charge in [0.25, 0.3) is 0 Å². The van der Waals surface area contributed by atoms with Gasteiger partial charge in [0.1, 0.15) is 0 Å². The molecule has 33 heavy (non-hydrogen) atoms. The molecule has 174 valence electrons. The topological polar surface area (TPSA) is 92.8 Å². The number of sulfonamides is 1. The third-order valence-corrected chi connectivity index (χ3v) is 8.57. The second kappa shape index (κ2) is 8.79. The molecule has 1 aromatic heterocycles. The molecule has 1 saturated heterocycles. The molecule has 0 unspecified atom stereocenters. The predicted octanol–water partition coefficient (Wildman–Crippen LogP) is 2.40. The molecule has 2 heterocycles. The highest BCUT2D eigenvalue weighted by Crippen LogP contribution is 2.26. The van der Waals surface area contributed by atoms with E-state index < -0.39 is 15.8 Å². The number of rotatable bonds is 5. The highest BCUT2D eigenvalue weighted by Gasteiger charge is 2.30. The zero-order chi connectivity index (χ0) is 23.0. The monoisotopic (exact) mass is 469 g/mol. The van der Waals surface area contributed by atoms with Gasteiger partial charge in [0, 0.05) is 39.1 Å². The van der Waals surface area contributed by atoms with Crippen LogP contribution in [0.4, 0.5) is 0 Å². The Morgan fingerprint density at radius 1 is 0.939 bits per heavy atom. The zero-order valence-electron chi connectivity index (χ0n) is 18.4. The quantitative estimate of drug-likeness (QED) is 0.572. The number of hydrogen-bond acceptors (Lipinski definition) is 5. The van der Waals surface area contributed by atoms with Crippen LogP contribution in [0.5, 0.6) is 0 Å². The van der Waals surface area contributed by atoms with Gasteiger partial charge in [0.05, 0.1) is 10.4 Å². The van der Waals surface area contributed by atoms with Crippen molar-refractivity contribution in [2.45, 2.75) is 43.5 Å². The molecular formula is C24H27N3O5S. The van der Waals surface area contributed by atoms with Gasteiger partial charge in [0.2, 0.25) is 15.9 Å². The first-order valence-electron chi connectivity index (χ1n) is 11.4. The molecule has 0 N–H and O–H groups in total. The van der Waals surface area contributed by atoms with E-state index in [1.807, 2.05) is 18.2 Å². The number of aromatic nitrogens is 1. The van der Waals surface area contributed by atoms with Crippen molar-refractivity contribution in [3.8, 4) is 0 Å². The maximum atomic E-state index is 13.2. The molecule has 2 aliphatic rings. The minimum Gasteiger partial charge on any atom is -0.408 e. The van der Waals surface area contributed by atoms with E-state index in [-0.39, 0.29) is 32.0 Å². The fourth-order valence-electron chi connectivity index (χ4n) is 4.79. The lowest BCUT2D eigenvalue weighted by Crippen LogP contribution is -2.50. The smallest absolute Gasteiger partial charge is 0.408 e. The van der Waals surface area contributed by atoms with E-state index in [9.17, 15) is 18.0 Å². The third-order valence-electron chi connectivity index (χ3n) is 6.67. The molecule has 2 aromatic carbocycles. The van der Waals surface area contributed by atoms with Gasteiger partial charge in [-0.25, -0.2) is 13.2 Å². The average molecular weight is 470 g/mol. The standard InChI is InChI=1S/C24H27N3O5S/c28-23(11-12-27-21-7-3-4-8-22(21)32-24(27)29)25-13-15-26(16-14-25)33(30,31)20-10-9-18-5-1-2-6-19(18)17-20/h3-4,7-10,17H,1-2,5-6,11-16H2. The van der Waals surface area contributed by atoms with Gasteiger partial charge >= 0.3 is 5.76 Å². The van der Waals surface area contributed by atoms with Crippen molar-refractivity contribution in [3.05, 3.63) is 64.1 Å². The minimum absolute atomic E-state index is 0.0991. The van der Waals surface area contributed by atoms with E-state index in [1.54, 1.807) is 29.2 Å². The van der Waals surface area contributed by atoms with Crippen molar-refractivity contribution >= 4 is 27.0 Å². The normalized spacial score (nSPS) is 17.3. The highest BCUT2D eigenvalue weighted by molar-refractivity contribution is 7.89. The number of hydrogen-bond donors (Lipinski definition) is 0. The van der Waals surface area contributed by atoms with Crippen LogP contribution in [0.2, 0.25) is 0 Å². The van der Waals surface area contributed by atoms with Crippen LogP contribution in [-0.2, 0) is 34.2 Å². The maximum Gasteiger partial charge on any atom is 0.419 e. The highest BCUT2D eigenvalue weighted by atomic mass is 32.2. The molecule has 0 spiro atoms. The summed E-state index contributed by atoms with van der Waals surface area (Å²) >= 11 is 0. The van der Waals surface area contributed by atoms with Crippen molar-refractivity contribution in [1.82, 2.24) is 13.8 Å². The Kier molecular flexibility index (Phi) is 5.84. The van der Waals surface area contributed by atoms with Gasteiger partial charge in [-0.15, -0.1) is 0 Å². The molecule has 9 heteroatoms. The number of fused-ring (bicyclic) bond motifs is 2. The molecule has 3 aromatic rings. The Balaban J connectivity index is 1.21. The van der Waals surface area contributed by atoms with E-state index in [0.29, 0.717) is 29.1 Å². The summed E-state index contributed by atoms with van der Waals surface area (Å²) in [5.41, 5.74) is 3.55. The van der Waals surface area contributed by atoms with Crippen molar-refractivity contribution in [2.24, 2.45) is 0 Å². The second-order valence-corrected chi connectivity index (χ2v) is 10.6. The van der Waals surface area contributed by atoms with Gasteiger partial charge in [0.15, 0.2) is 5.58 Å². The first-order valence-corrected chi connectivity index (χ1v) is 12.9. The average Bonchev–Trinajstić information content (AvgIpc) is 3.17. The Morgan fingerprint density at radius 2 is 1.67 bits per heavy atom. The van der Waals surface area contributed by atoms with Crippen LogP contribution in [0.3, 0.4) is 0 Å². The first-order chi connectivity index (χ1) is 15.9. The first kappa shape index (κ1) is 21.9. The molecule has 0 saturated carbocycles. The summed E-state index contributed by atoms with van der Waals surface area (Å²) in [6, 6.07) is 12.6. The number of benzene rings is 2. The van der Waals surface area contributed by atoms with Gasteiger partial charge in [-0.3, -0.25) is 9.36 Å². The molecule has 8 nitrogen and oxygen atoms in total. The summed E-state index contributed by atoms with van der Waals surface area (Å²) in [6.07, 6.45) is 4.34. The molecule has 0 bridgehead atoms. The maximum absolute atomic E-state index is 13.2. The number of carbonyl (C=O) groups is 1. The lowest BCUT2D eigenvalue weighted by molar-refractivity contribution is -0.132. The molecule has 5 rings (SSSR count). The molecule has 1 aliphatic heterocycles. The van der Waals surface area contributed by atoms with Gasteiger partial charge in [-0.2, -0.15) is 4.31 Å². The number of amides is 1. The van der Waals surface area contributed by atoms with Crippen LogP contribution in [0.1, 0.15) is 30.4 Å². The number of nitrogens with zero attached hydrogens (tertiary/aromatic N) is 3. The number of carbonyl (C=O) groups excluding carboxylic acids is 1. The van der Waals surface area contributed by atoms with E-state index in [1.165, 1.54) is 14.4 Å². The lowest BCUT2D eigenvalue weighted by atomic mass is 9.92. The summed E-state index contributed by atoms with van der Waals surface area (Å²) in [5.74, 6) is -0.581. The van der Waals surface area contributed by atoms with Gasteiger partial charge < -0.3 is 9.32 Å². The molecule has 1 amide bonds. The van der Waals surface area contributed by atoms with Crippen LogP contribution in [0.25, 0.3) is 11.1 Å². The molecule has 0 atom stereocenters. The Morgan fingerprint density at radius 3 is 2.45 bits per heavy atom. The lowest BCUT2D eigenvalue weighted by Gasteiger charge is -2.34. The van der Waals surface area contributed by atoms with E-state index in [2.05, 4.69) is 0 Å². The molecular weight excluding hydrogens is 442 g/mol. The van der Waals surface area contributed by atoms with Crippen molar-refractivity contribution in [3.63, 3.8) is 0 Å². The van der Waals surface area contributed by atoms with Crippen LogP contribution >= 0.6 is 0 Å². The van der Waals surface area contributed by atoms with Crippen LogP contribution in [0.15, 0.2) is 56.6 Å². The second-order valence-electron chi connectivity index (χ2n) is 8.66. The fraction of sp³-hybridized carbons (Fsp3) is 0.417. The minimum atomic E-state index is -3.58. The van der Waals surface area contributed by atoms with Crippen LogP contribution in [0, 0.1) is 0 Å². The van der Waals surface area contributed by atoms with Crippen LogP contribution in [-0.4, -0.2) is 54.3 Å². The molecule has 1 fully saturated rings. The number of oxazole rings is 1. The predicted molar refractivity (Wildman–Crippen MR) is 124 cm³/mol. The van der Waals surface area contributed by atoms with Crippen LogP contribution < -0.4 is 5.76 Å². The Labute approximate surface area is 192 Å². The fourth-order valence-corrected chi connectivity index (χ4v) is 6.26. The Bertz CT molecular complexity index is 1350. The van der Waals surface area contributed by atoms with E-state index in [0.717, 1.165) is 31.2 Å². The van der Waals surface area contributed by atoms with Gasteiger partial charge in [-0.05, 0) is 61.1 Å². The van der Waals surface area contributed by atoms with Crippen molar-refractivity contribution in [2.75, 3.05) is 26.2 Å². The summed E-state index contributed by atoms with van der Waals surface area (Å²) in [7, 11) is -3.58.